The number of hydrogen-bond acceptors (Lipinski definition) is 4. The number of benzene rings is 1. The fraction of sp³-hybridized carbons (Fsp3) is 0.263. The molecular formula is C19H19ClN4O3. The van der Waals surface area contributed by atoms with Crippen LogP contribution in [0.1, 0.15) is 28.0 Å². The Bertz CT molecular complexity index is 1010. The van der Waals surface area contributed by atoms with Crippen molar-refractivity contribution in [2.75, 3.05) is 13.1 Å². The maximum atomic E-state index is 12.8. The van der Waals surface area contributed by atoms with Gasteiger partial charge in [-0.3, -0.25) is 9.59 Å². The first-order chi connectivity index (χ1) is 13.0. The van der Waals surface area contributed by atoms with Crippen molar-refractivity contribution in [1.82, 2.24) is 19.5 Å². The van der Waals surface area contributed by atoms with E-state index in [-0.39, 0.29) is 12.4 Å². The second-order valence-corrected chi connectivity index (χ2v) is 6.60. The lowest BCUT2D eigenvalue weighted by molar-refractivity contribution is -0.122. The number of nitrogens with zero attached hydrogens (tertiary/aromatic N) is 4. The van der Waals surface area contributed by atoms with Crippen LogP contribution in [0.5, 0.6) is 0 Å². The molecule has 4 rings (SSSR count). The predicted octanol–water partition coefficient (Wildman–Crippen LogP) is 3.21. The summed E-state index contributed by atoms with van der Waals surface area (Å²) >= 11 is 6.44. The lowest BCUT2D eigenvalue weighted by atomic mass is 10.0. The largest absolute Gasteiger partial charge is 0.483 e. The summed E-state index contributed by atoms with van der Waals surface area (Å²) in [6.07, 6.45) is 2.74. The molecular weight excluding hydrogens is 368 g/mol. The van der Waals surface area contributed by atoms with Crippen molar-refractivity contribution in [1.29, 1.82) is 0 Å². The van der Waals surface area contributed by atoms with E-state index in [9.17, 15) is 4.79 Å². The maximum Gasteiger partial charge on any atom is 0.290 e. The molecule has 0 atom stereocenters. The third-order valence-electron chi connectivity index (χ3n) is 4.57. The van der Waals surface area contributed by atoms with Gasteiger partial charge >= 0.3 is 0 Å². The number of halogens is 1. The van der Waals surface area contributed by atoms with Gasteiger partial charge in [0.05, 0.1) is 0 Å². The monoisotopic (exact) mass is 386 g/mol. The molecule has 7 nitrogen and oxygen atoms in total. The van der Waals surface area contributed by atoms with E-state index >= 15 is 0 Å². The van der Waals surface area contributed by atoms with Crippen LogP contribution in [0.25, 0.3) is 16.9 Å². The molecule has 1 N–H and O–H groups in total. The smallest absolute Gasteiger partial charge is 0.290 e. The van der Waals surface area contributed by atoms with E-state index in [1.165, 1.54) is 0 Å². The lowest BCUT2D eigenvalue weighted by Gasteiger charge is -2.30. The Kier molecular flexibility index (Phi) is 5.41. The number of rotatable bonds is 2. The molecule has 140 valence electrons. The van der Waals surface area contributed by atoms with Crippen LogP contribution in [-0.4, -0.2) is 50.1 Å². The van der Waals surface area contributed by atoms with E-state index in [2.05, 4.69) is 10.1 Å². The summed E-state index contributed by atoms with van der Waals surface area (Å²) in [6.45, 7) is 5.25. The number of imidazole rings is 1. The number of carbonyl (C=O) groups is 2. The summed E-state index contributed by atoms with van der Waals surface area (Å²) in [5.41, 5.74) is 4.64. The normalized spacial score (nSPS) is 12.9. The van der Waals surface area contributed by atoms with Crippen molar-refractivity contribution in [3.8, 4) is 11.3 Å². The molecule has 0 spiro atoms. The van der Waals surface area contributed by atoms with Crippen LogP contribution in [-0.2, 0) is 4.79 Å². The van der Waals surface area contributed by atoms with Crippen LogP contribution in [0.15, 0.2) is 30.5 Å². The van der Waals surface area contributed by atoms with Gasteiger partial charge in [0.1, 0.15) is 5.69 Å². The first-order valence-electron chi connectivity index (χ1n) is 8.46. The summed E-state index contributed by atoms with van der Waals surface area (Å²) in [5.74, 6) is -0.0437. The summed E-state index contributed by atoms with van der Waals surface area (Å²) < 4.78 is 1.72. The average molecular weight is 387 g/mol. The second kappa shape index (κ2) is 7.75. The molecule has 27 heavy (non-hydrogen) atoms. The average Bonchev–Trinajstić information content (AvgIpc) is 2.99. The van der Waals surface area contributed by atoms with E-state index in [1.807, 2.05) is 43.0 Å². The summed E-state index contributed by atoms with van der Waals surface area (Å²) in [4.78, 5) is 27.6. The van der Waals surface area contributed by atoms with Gasteiger partial charge in [-0.15, -0.1) is 0 Å². The van der Waals surface area contributed by atoms with Crippen LogP contribution < -0.4 is 0 Å². The van der Waals surface area contributed by atoms with E-state index in [0.29, 0.717) is 22.1 Å². The minimum Gasteiger partial charge on any atom is -0.483 e. The van der Waals surface area contributed by atoms with Crippen LogP contribution >= 0.6 is 11.6 Å². The number of aryl methyl sites for hydroxylation is 1. The Morgan fingerprint density at radius 3 is 2.59 bits per heavy atom. The predicted molar refractivity (Wildman–Crippen MR) is 102 cm³/mol. The van der Waals surface area contributed by atoms with Gasteiger partial charge in [-0.05, 0) is 43.5 Å². The van der Waals surface area contributed by atoms with Crippen LogP contribution in [0, 0.1) is 13.8 Å². The number of fused-ring (bicyclic) bond motifs is 1. The number of amides is 1. The molecule has 0 unspecified atom stereocenters. The highest BCUT2D eigenvalue weighted by atomic mass is 35.5. The zero-order chi connectivity index (χ0) is 19.6. The van der Waals surface area contributed by atoms with E-state index in [1.54, 1.807) is 10.7 Å². The molecule has 3 heterocycles. The molecule has 1 aromatic carbocycles. The van der Waals surface area contributed by atoms with Crippen molar-refractivity contribution < 1.29 is 14.7 Å². The minimum absolute atomic E-state index is 0.0437. The Labute approximate surface area is 161 Å². The Hall–Kier alpha value is -2.93. The molecule has 8 heteroatoms. The lowest BCUT2D eigenvalue weighted by Crippen LogP contribution is -2.42. The number of aromatic nitrogens is 3. The van der Waals surface area contributed by atoms with Gasteiger partial charge < -0.3 is 10.0 Å². The van der Waals surface area contributed by atoms with Gasteiger partial charge in [0.25, 0.3) is 12.4 Å². The topological polar surface area (TPSA) is 87.8 Å². The minimum atomic E-state index is -0.250. The number of carboxylic acid groups (broad SMARTS) is 1. The van der Waals surface area contributed by atoms with Gasteiger partial charge in [-0.2, -0.15) is 5.10 Å². The van der Waals surface area contributed by atoms with Crippen molar-refractivity contribution in [2.24, 2.45) is 0 Å². The second-order valence-electron chi connectivity index (χ2n) is 6.22. The number of likely N-dealkylation sites (tertiary alicyclic amines) is 1. The molecule has 1 amide bonds. The highest BCUT2D eigenvalue weighted by molar-refractivity contribution is 6.32. The zero-order valence-corrected chi connectivity index (χ0v) is 15.8. The quantitative estimate of drug-likeness (QED) is 0.683. The molecule has 2 aromatic heterocycles. The highest BCUT2D eigenvalue weighted by Gasteiger charge is 2.29. The van der Waals surface area contributed by atoms with Crippen molar-refractivity contribution in [3.63, 3.8) is 0 Å². The van der Waals surface area contributed by atoms with Crippen LogP contribution in [0.3, 0.4) is 0 Å². The zero-order valence-electron chi connectivity index (χ0n) is 15.0. The van der Waals surface area contributed by atoms with Crippen molar-refractivity contribution in [2.45, 2.75) is 20.3 Å². The first-order valence-corrected chi connectivity index (χ1v) is 8.84. The van der Waals surface area contributed by atoms with Crippen molar-refractivity contribution >= 4 is 29.6 Å². The molecule has 1 saturated heterocycles. The number of carbonyl (C=O) groups excluding carboxylic acids is 1. The molecule has 1 fully saturated rings. The standard InChI is InChI=1S/C18H17ClN4O.CH2O2/c1-11-6-7-13(12(2)15(11)19)17-16(18(24)22-9-4-10-22)21-14-5-3-8-20-23(14)17;2-1-3/h3,5-8H,4,9-10H2,1-2H3;1H,(H,2,3). The van der Waals surface area contributed by atoms with Gasteiger partial charge in [0.2, 0.25) is 0 Å². The summed E-state index contributed by atoms with van der Waals surface area (Å²) in [7, 11) is 0. The Morgan fingerprint density at radius 2 is 1.96 bits per heavy atom. The summed E-state index contributed by atoms with van der Waals surface area (Å²) in [5, 5.41) is 12.0. The first kappa shape index (κ1) is 18.8. The third-order valence-corrected chi connectivity index (χ3v) is 5.15. The van der Waals surface area contributed by atoms with Gasteiger partial charge in [0.15, 0.2) is 11.3 Å². The van der Waals surface area contributed by atoms with Gasteiger partial charge in [0, 0.05) is 29.9 Å². The SMILES string of the molecule is Cc1ccc(-c2c(C(=O)N3CCC3)nc3cccnn23)c(C)c1Cl.O=CO. The third kappa shape index (κ3) is 3.38. The maximum absolute atomic E-state index is 12.8. The molecule has 0 bridgehead atoms. The summed E-state index contributed by atoms with van der Waals surface area (Å²) in [6, 6.07) is 7.62. The molecule has 0 aliphatic carbocycles. The van der Waals surface area contributed by atoms with E-state index in [0.717, 1.165) is 36.2 Å². The van der Waals surface area contributed by atoms with Crippen molar-refractivity contribution in [3.05, 3.63) is 52.3 Å². The molecule has 0 saturated carbocycles. The fourth-order valence-corrected chi connectivity index (χ4v) is 3.19. The molecule has 0 radical (unpaired) electrons. The molecule has 1 aliphatic rings. The number of hydrogen-bond donors (Lipinski definition) is 1. The van der Waals surface area contributed by atoms with Gasteiger partial charge in [-0.25, -0.2) is 9.50 Å². The fourth-order valence-electron chi connectivity index (χ4n) is 3.03. The van der Waals surface area contributed by atoms with Gasteiger partial charge in [-0.1, -0.05) is 23.7 Å². The Morgan fingerprint density at radius 1 is 1.26 bits per heavy atom. The molecule has 3 aromatic rings. The Balaban J connectivity index is 0.000000659. The highest BCUT2D eigenvalue weighted by Crippen LogP contribution is 2.33. The molecule has 1 aliphatic heterocycles. The van der Waals surface area contributed by atoms with Crippen LogP contribution in [0.2, 0.25) is 5.02 Å². The van der Waals surface area contributed by atoms with E-state index in [4.69, 9.17) is 21.5 Å². The van der Waals surface area contributed by atoms with Crippen LogP contribution in [0.4, 0.5) is 0 Å². The van der Waals surface area contributed by atoms with E-state index < -0.39 is 0 Å².